The predicted octanol–water partition coefficient (Wildman–Crippen LogP) is 11.3. The summed E-state index contributed by atoms with van der Waals surface area (Å²) in [6.07, 6.45) is 0. The molecule has 0 aliphatic heterocycles. The molecule has 0 saturated carbocycles. The summed E-state index contributed by atoms with van der Waals surface area (Å²) in [4.78, 5) is 0. The van der Waals surface area contributed by atoms with Crippen molar-refractivity contribution in [2.75, 3.05) is 0 Å². The van der Waals surface area contributed by atoms with E-state index in [0.29, 0.717) is 0 Å². The molecule has 1 spiro atoms. The molecule has 0 bridgehead atoms. The van der Waals surface area contributed by atoms with Crippen LogP contribution in [0.1, 0.15) is 22.3 Å². The van der Waals surface area contributed by atoms with Crippen molar-refractivity contribution in [1.29, 1.82) is 0 Å². The van der Waals surface area contributed by atoms with Gasteiger partial charge in [0.2, 0.25) is 0 Å². The van der Waals surface area contributed by atoms with Gasteiger partial charge in [0.15, 0.2) is 0 Å². The summed E-state index contributed by atoms with van der Waals surface area (Å²) >= 11 is 3.62. The van der Waals surface area contributed by atoms with Crippen molar-refractivity contribution in [3.05, 3.63) is 178 Å². The lowest BCUT2D eigenvalue weighted by Gasteiger charge is -2.30. The molecule has 196 valence electrons. The molecule has 0 N–H and O–H groups in total. The van der Waals surface area contributed by atoms with Crippen LogP contribution >= 0.6 is 15.9 Å². The molecule has 0 aromatic heterocycles. The minimum Gasteiger partial charge on any atom is -0.0619 e. The van der Waals surface area contributed by atoms with Crippen LogP contribution in [0.15, 0.2) is 156 Å². The highest BCUT2D eigenvalue weighted by molar-refractivity contribution is 9.10. The van der Waals surface area contributed by atoms with Crippen LogP contribution in [0.4, 0.5) is 0 Å². The summed E-state index contributed by atoms with van der Waals surface area (Å²) in [5, 5.41) is 2.60. The Morgan fingerprint density at radius 3 is 1.71 bits per heavy atom. The number of fused-ring (bicyclic) bond motifs is 12. The van der Waals surface area contributed by atoms with E-state index in [1.807, 2.05) is 0 Å². The van der Waals surface area contributed by atoms with Gasteiger partial charge in [-0.15, -0.1) is 0 Å². The Kier molecular flexibility index (Phi) is 5.06. The minimum absolute atomic E-state index is 0.353. The van der Waals surface area contributed by atoms with Gasteiger partial charge in [-0.1, -0.05) is 149 Å². The lowest BCUT2D eigenvalue weighted by Crippen LogP contribution is -2.25. The van der Waals surface area contributed by atoms with Gasteiger partial charge in [-0.2, -0.15) is 0 Å². The van der Waals surface area contributed by atoms with Crippen LogP contribution in [0.3, 0.4) is 0 Å². The van der Waals surface area contributed by atoms with E-state index in [1.165, 1.54) is 77.5 Å². The zero-order valence-corrected chi connectivity index (χ0v) is 24.4. The maximum atomic E-state index is 3.62. The fourth-order valence-electron chi connectivity index (χ4n) is 7.61. The highest BCUT2D eigenvalue weighted by atomic mass is 79.9. The molecule has 2 aliphatic rings. The molecular formula is C41H25Br. The van der Waals surface area contributed by atoms with Crippen LogP contribution in [0.2, 0.25) is 0 Å². The molecular weight excluding hydrogens is 572 g/mol. The first-order valence-electron chi connectivity index (χ1n) is 14.5. The maximum Gasteiger partial charge on any atom is 0.0725 e. The van der Waals surface area contributed by atoms with Crippen molar-refractivity contribution in [2.45, 2.75) is 5.41 Å². The molecule has 0 heterocycles. The van der Waals surface area contributed by atoms with Gasteiger partial charge in [-0.3, -0.25) is 0 Å². The van der Waals surface area contributed by atoms with Crippen LogP contribution in [0, 0.1) is 0 Å². The fourth-order valence-corrected chi connectivity index (χ4v) is 8.01. The average molecular weight is 598 g/mol. The second-order valence-corrected chi connectivity index (χ2v) is 12.3. The predicted molar refractivity (Wildman–Crippen MR) is 179 cm³/mol. The van der Waals surface area contributed by atoms with Gasteiger partial charge in [0.1, 0.15) is 0 Å². The molecule has 0 radical (unpaired) electrons. The maximum absolute atomic E-state index is 3.62. The van der Waals surface area contributed by atoms with E-state index in [2.05, 4.69) is 168 Å². The van der Waals surface area contributed by atoms with Crippen LogP contribution in [-0.2, 0) is 5.41 Å². The Balaban J connectivity index is 1.32. The van der Waals surface area contributed by atoms with Crippen LogP contribution in [-0.4, -0.2) is 0 Å². The zero-order chi connectivity index (χ0) is 27.8. The van der Waals surface area contributed by atoms with Gasteiger partial charge >= 0.3 is 0 Å². The summed E-state index contributed by atoms with van der Waals surface area (Å²) < 4.78 is 1.09. The molecule has 0 unspecified atom stereocenters. The van der Waals surface area contributed by atoms with E-state index in [-0.39, 0.29) is 5.41 Å². The average Bonchev–Trinajstić information content (AvgIpc) is 3.52. The van der Waals surface area contributed by atoms with Crippen molar-refractivity contribution in [3.8, 4) is 44.5 Å². The molecule has 0 saturated heterocycles. The second kappa shape index (κ2) is 8.89. The SMILES string of the molecule is Brc1cccc(-c2ccc(-c3ccc4c(c3)C3(c5ccccc5-c5ccccc53)c3ccc5ccccc5c3-4)cc2)c1. The standard InChI is InChI=1S/C41H25Br/c42-31-10-7-9-29(24-31)26-16-18-27(19-17-26)30-20-22-35-39(25-30)41(38-23-21-28-8-1-2-11-32(28)40(35)38)36-14-5-3-12-33(36)34-13-4-6-15-37(34)41/h1-25H. The van der Waals surface area contributed by atoms with Gasteiger partial charge in [-0.05, 0) is 95.7 Å². The van der Waals surface area contributed by atoms with E-state index in [9.17, 15) is 0 Å². The quantitative estimate of drug-likeness (QED) is 0.186. The topological polar surface area (TPSA) is 0 Å². The highest BCUT2D eigenvalue weighted by Crippen LogP contribution is 2.64. The molecule has 2 aliphatic carbocycles. The van der Waals surface area contributed by atoms with Crippen molar-refractivity contribution in [1.82, 2.24) is 0 Å². The fraction of sp³-hybridized carbons (Fsp3) is 0.0244. The van der Waals surface area contributed by atoms with Crippen LogP contribution in [0.25, 0.3) is 55.3 Å². The molecule has 7 aromatic rings. The normalized spacial score (nSPS) is 13.5. The van der Waals surface area contributed by atoms with E-state index in [4.69, 9.17) is 0 Å². The largest absolute Gasteiger partial charge is 0.0725 e. The lowest BCUT2D eigenvalue weighted by molar-refractivity contribution is 0.795. The number of halogens is 1. The number of hydrogen-bond acceptors (Lipinski definition) is 0. The Bertz CT molecular complexity index is 2160. The third-order valence-electron chi connectivity index (χ3n) is 9.35. The van der Waals surface area contributed by atoms with Crippen LogP contribution < -0.4 is 0 Å². The Morgan fingerprint density at radius 2 is 1.00 bits per heavy atom. The van der Waals surface area contributed by atoms with Gasteiger partial charge in [0.25, 0.3) is 0 Å². The minimum atomic E-state index is -0.353. The van der Waals surface area contributed by atoms with Crippen molar-refractivity contribution < 1.29 is 0 Å². The lowest BCUT2D eigenvalue weighted by atomic mass is 9.70. The molecule has 1 heteroatoms. The van der Waals surface area contributed by atoms with E-state index < -0.39 is 0 Å². The Morgan fingerprint density at radius 1 is 0.381 bits per heavy atom. The zero-order valence-electron chi connectivity index (χ0n) is 22.8. The summed E-state index contributed by atoms with van der Waals surface area (Å²) in [5.74, 6) is 0. The number of benzene rings is 7. The van der Waals surface area contributed by atoms with Crippen molar-refractivity contribution in [3.63, 3.8) is 0 Å². The molecule has 42 heavy (non-hydrogen) atoms. The van der Waals surface area contributed by atoms with Gasteiger partial charge in [0, 0.05) is 4.47 Å². The van der Waals surface area contributed by atoms with E-state index >= 15 is 0 Å². The smallest absolute Gasteiger partial charge is 0.0619 e. The van der Waals surface area contributed by atoms with Crippen LogP contribution in [0.5, 0.6) is 0 Å². The number of hydrogen-bond donors (Lipinski definition) is 0. The Hall–Kier alpha value is -4.72. The molecule has 0 amide bonds. The molecule has 0 fully saturated rings. The molecule has 0 nitrogen and oxygen atoms in total. The van der Waals surface area contributed by atoms with Gasteiger partial charge in [-0.25, -0.2) is 0 Å². The third-order valence-corrected chi connectivity index (χ3v) is 9.85. The van der Waals surface area contributed by atoms with Crippen molar-refractivity contribution in [2.24, 2.45) is 0 Å². The molecule has 0 atom stereocenters. The van der Waals surface area contributed by atoms with Crippen molar-refractivity contribution >= 4 is 26.7 Å². The third kappa shape index (κ3) is 3.17. The van der Waals surface area contributed by atoms with E-state index in [0.717, 1.165) is 4.47 Å². The summed E-state index contributed by atoms with van der Waals surface area (Å²) in [5.41, 5.74) is 15.4. The summed E-state index contributed by atoms with van der Waals surface area (Å²) in [7, 11) is 0. The summed E-state index contributed by atoms with van der Waals surface area (Å²) in [6.45, 7) is 0. The second-order valence-electron chi connectivity index (χ2n) is 11.4. The van der Waals surface area contributed by atoms with Gasteiger partial charge in [0.05, 0.1) is 5.41 Å². The van der Waals surface area contributed by atoms with Gasteiger partial charge < -0.3 is 0 Å². The first-order valence-corrected chi connectivity index (χ1v) is 15.3. The first kappa shape index (κ1) is 23.9. The monoisotopic (exact) mass is 596 g/mol. The number of rotatable bonds is 2. The summed E-state index contributed by atoms with van der Waals surface area (Å²) in [6, 6.07) is 56.2. The Labute approximate surface area is 254 Å². The first-order chi connectivity index (χ1) is 20.7. The molecule has 7 aromatic carbocycles. The highest BCUT2D eigenvalue weighted by Gasteiger charge is 2.51. The molecule has 9 rings (SSSR count). The van der Waals surface area contributed by atoms with E-state index in [1.54, 1.807) is 0 Å².